The predicted molar refractivity (Wildman–Crippen MR) is 76.0 cm³/mol. The van der Waals surface area contributed by atoms with Gasteiger partial charge in [0.15, 0.2) is 0 Å². The van der Waals surface area contributed by atoms with Gasteiger partial charge in [0.25, 0.3) is 0 Å². The van der Waals surface area contributed by atoms with E-state index in [1.54, 1.807) is 7.11 Å². The molecule has 2 aliphatic heterocycles. The van der Waals surface area contributed by atoms with E-state index in [9.17, 15) is 9.90 Å². The molecule has 0 spiro atoms. The van der Waals surface area contributed by atoms with E-state index in [2.05, 4.69) is 17.0 Å². The zero-order valence-electron chi connectivity index (χ0n) is 11.8. The molecule has 2 fully saturated rings. The third kappa shape index (κ3) is 2.40. The van der Waals surface area contributed by atoms with E-state index in [-0.39, 0.29) is 12.0 Å². The monoisotopic (exact) mass is 275 g/mol. The predicted octanol–water partition coefficient (Wildman–Crippen LogP) is 2.18. The number of ether oxygens (including phenoxy) is 1. The minimum absolute atomic E-state index is 0.149. The van der Waals surface area contributed by atoms with Crippen molar-refractivity contribution >= 4 is 5.97 Å². The molecule has 0 amide bonds. The summed E-state index contributed by atoms with van der Waals surface area (Å²) < 4.78 is 5.16. The molecule has 0 saturated carbocycles. The van der Waals surface area contributed by atoms with Crippen molar-refractivity contribution in [2.45, 2.75) is 37.8 Å². The number of benzene rings is 1. The molecule has 4 heteroatoms. The van der Waals surface area contributed by atoms with E-state index in [0.717, 1.165) is 38.0 Å². The number of carboxylic acids is 1. The number of hydrogen-bond donors (Lipinski definition) is 1. The molecule has 1 aromatic rings. The van der Waals surface area contributed by atoms with Gasteiger partial charge in [0.05, 0.1) is 13.0 Å². The first-order chi connectivity index (χ1) is 9.69. The molecule has 2 bridgehead atoms. The molecule has 2 aliphatic rings. The number of rotatable bonds is 5. The van der Waals surface area contributed by atoms with Crippen LogP contribution < -0.4 is 4.74 Å². The summed E-state index contributed by atoms with van der Waals surface area (Å²) in [7, 11) is 1.67. The fourth-order valence-electron chi connectivity index (χ4n) is 3.77. The zero-order valence-corrected chi connectivity index (χ0v) is 11.8. The second-order valence-electron chi connectivity index (χ2n) is 5.81. The minimum atomic E-state index is -0.619. The summed E-state index contributed by atoms with van der Waals surface area (Å²) in [5.41, 5.74) is 1.28. The van der Waals surface area contributed by atoms with Gasteiger partial charge in [-0.15, -0.1) is 0 Å². The van der Waals surface area contributed by atoms with Crippen LogP contribution in [0, 0.1) is 5.92 Å². The maximum absolute atomic E-state index is 11.2. The summed E-state index contributed by atoms with van der Waals surface area (Å²) in [4.78, 5) is 13.7. The zero-order chi connectivity index (χ0) is 14.1. The second-order valence-corrected chi connectivity index (χ2v) is 5.81. The Hall–Kier alpha value is -1.55. The highest BCUT2D eigenvalue weighted by atomic mass is 16.5. The average molecular weight is 275 g/mol. The third-order valence-electron chi connectivity index (χ3n) is 4.82. The standard InChI is InChI=1S/C16H21NO3/c1-20-13-5-2-11(3-6-13)8-9-17-12-4-7-15(17)14(10-12)16(18)19/h2-3,5-6,12,14-15H,4,7-10H2,1H3,(H,18,19). The Balaban J connectivity index is 1.60. The van der Waals surface area contributed by atoms with Crippen LogP contribution in [0.1, 0.15) is 24.8 Å². The van der Waals surface area contributed by atoms with E-state index < -0.39 is 5.97 Å². The molecular formula is C16H21NO3. The van der Waals surface area contributed by atoms with E-state index >= 15 is 0 Å². The number of carboxylic acid groups (broad SMARTS) is 1. The topological polar surface area (TPSA) is 49.8 Å². The van der Waals surface area contributed by atoms with Crippen molar-refractivity contribution in [2.24, 2.45) is 5.92 Å². The van der Waals surface area contributed by atoms with Crippen molar-refractivity contribution in [3.05, 3.63) is 29.8 Å². The van der Waals surface area contributed by atoms with Gasteiger partial charge in [0, 0.05) is 18.6 Å². The van der Waals surface area contributed by atoms with Crippen LogP contribution in [-0.4, -0.2) is 41.7 Å². The molecular weight excluding hydrogens is 254 g/mol. The smallest absolute Gasteiger partial charge is 0.308 e. The molecule has 2 heterocycles. The molecule has 1 aromatic carbocycles. The normalized spacial score (nSPS) is 28.8. The molecule has 0 radical (unpaired) electrons. The van der Waals surface area contributed by atoms with Crippen LogP contribution in [0.2, 0.25) is 0 Å². The SMILES string of the molecule is COc1ccc(CCN2C3CCC2C(C(=O)O)C3)cc1. The van der Waals surface area contributed by atoms with Crippen molar-refractivity contribution in [3.8, 4) is 5.75 Å². The molecule has 3 atom stereocenters. The molecule has 0 aliphatic carbocycles. The molecule has 3 unspecified atom stereocenters. The van der Waals surface area contributed by atoms with Gasteiger partial charge in [-0.1, -0.05) is 12.1 Å². The van der Waals surface area contributed by atoms with Crippen LogP contribution in [0.5, 0.6) is 5.75 Å². The second kappa shape index (κ2) is 5.44. The lowest BCUT2D eigenvalue weighted by atomic mass is 9.89. The van der Waals surface area contributed by atoms with Crippen molar-refractivity contribution in [1.29, 1.82) is 0 Å². The maximum Gasteiger partial charge on any atom is 0.308 e. The highest BCUT2D eigenvalue weighted by Crippen LogP contribution is 2.41. The highest BCUT2D eigenvalue weighted by Gasteiger charge is 2.48. The number of nitrogens with zero attached hydrogens (tertiary/aromatic N) is 1. The third-order valence-corrected chi connectivity index (χ3v) is 4.82. The summed E-state index contributed by atoms with van der Waals surface area (Å²) >= 11 is 0. The number of methoxy groups -OCH3 is 1. The highest BCUT2D eigenvalue weighted by molar-refractivity contribution is 5.71. The molecule has 3 rings (SSSR count). The molecule has 20 heavy (non-hydrogen) atoms. The summed E-state index contributed by atoms with van der Waals surface area (Å²) in [6.45, 7) is 0.964. The quantitative estimate of drug-likeness (QED) is 0.895. The first-order valence-corrected chi connectivity index (χ1v) is 7.30. The van der Waals surface area contributed by atoms with Gasteiger partial charge in [0.1, 0.15) is 5.75 Å². The van der Waals surface area contributed by atoms with E-state index in [0.29, 0.717) is 6.04 Å². The van der Waals surface area contributed by atoms with Crippen molar-refractivity contribution in [3.63, 3.8) is 0 Å². The van der Waals surface area contributed by atoms with Crippen molar-refractivity contribution < 1.29 is 14.6 Å². The molecule has 0 aromatic heterocycles. The lowest BCUT2D eigenvalue weighted by molar-refractivity contribution is -0.142. The fraction of sp³-hybridized carbons (Fsp3) is 0.562. The Kier molecular flexibility index (Phi) is 3.66. The van der Waals surface area contributed by atoms with Crippen molar-refractivity contribution in [1.82, 2.24) is 4.90 Å². The summed E-state index contributed by atoms with van der Waals surface area (Å²) in [5.74, 6) is 0.109. The van der Waals surface area contributed by atoms with Gasteiger partial charge in [-0.05, 0) is 43.4 Å². The Bertz CT molecular complexity index is 485. The first kappa shape index (κ1) is 13.4. The van der Waals surface area contributed by atoms with Gasteiger partial charge in [-0.2, -0.15) is 0 Å². The molecule has 4 nitrogen and oxygen atoms in total. The number of fused-ring (bicyclic) bond motifs is 2. The van der Waals surface area contributed by atoms with Crippen LogP contribution in [-0.2, 0) is 11.2 Å². The number of aliphatic carboxylic acids is 1. The van der Waals surface area contributed by atoms with Crippen molar-refractivity contribution in [2.75, 3.05) is 13.7 Å². The van der Waals surface area contributed by atoms with Gasteiger partial charge in [0.2, 0.25) is 0 Å². The van der Waals surface area contributed by atoms with Crippen LogP contribution >= 0.6 is 0 Å². The van der Waals surface area contributed by atoms with Crippen LogP contribution in [0.3, 0.4) is 0 Å². The average Bonchev–Trinajstić information content (AvgIpc) is 3.02. The van der Waals surface area contributed by atoms with Gasteiger partial charge >= 0.3 is 5.97 Å². The Morgan fingerprint density at radius 1 is 1.35 bits per heavy atom. The summed E-state index contributed by atoms with van der Waals surface area (Å²) in [6, 6.07) is 8.88. The summed E-state index contributed by atoms with van der Waals surface area (Å²) in [6.07, 6.45) is 4.02. The lowest BCUT2D eigenvalue weighted by Crippen LogP contribution is -2.34. The van der Waals surface area contributed by atoms with Gasteiger partial charge in [-0.3, -0.25) is 9.69 Å². The number of hydrogen-bond acceptors (Lipinski definition) is 3. The van der Waals surface area contributed by atoms with E-state index in [1.807, 2.05) is 12.1 Å². The van der Waals surface area contributed by atoms with E-state index in [4.69, 9.17) is 4.74 Å². The van der Waals surface area contributed by atoms with Crippen LogP contribution in [0.15, 0.2) is 24.3 Å². The maximum atomic E-state index is 11.2. The van der Waals surface area contributed by atoms with Crippen LogP contribution in [0.4, 0.5) is 0 Å². The Morgan fingerprint density at radius 3 is 2.70 bits per heavy atom. The largest absolute Gasteiger partial charge is 0.497 e. The van der Waals surface area contributed by atoms with Crippen LogP contribution in [0.25, 0.3) is 0 Å². The lowest BCUT2D eigenvalue weighted by Gasteiger charge is -2.22. The van der Waals surface area contributed by atoms with Gasteiger partial charge in [-0.25, -0.2) is 0 Å². The molecule has 2 saturated heterocycles. The first-order valence-electron chi connectivity index (χ1n) is 7.30. The minimum Gasteiger partial charge on any atom is -0.497 e. The molecule has 1 N–H and O–H groups in total. The molecule has 108 valence electrons. The Labute approximate surface area is 119 Å². The van der Waals surface area contributed by atoms with Gasteiger partial charge < -0.3 is 9.84 Å². The van der Waals surface area contributed by atoms with E-state index in [1.165, 1.54) is 5.56 Å². The number of carbonyl (C=O) groups is 1. The Morgan fingerprint density at radius 2 is 2.10 bits per heavy atom. The summed E-state index contributed by atoms with van der Waals surface area (Å²) in [5, 5.41) is 9.26. The fourth-order valence-corrected chi connectivity index (χ4v) is 3.77.